The van der Waals surface area contributed by atoms with Crippen LogP contribution >= 0.6 is 23.1 Å². The van der Waals surface area contributed by atoms with E-state index in [0.29, 0.717) is 6.04 Å². The monoisotopic (exact) mass is 297 g/mol. The van der Waals surface area contributed by atoms with Crippen molar-refractivity contribution in [2.75, 3.05) is 12.3 Å². The van der Waals surface area contributed by atoms with Crippen LogP contribution in [-0.2, 0) is 6.42 Å². The van der Waals surface area contributed by atoms with Gasteiger partial charge in [0.25, 0.3) is 0 Å². The van der Waals surface area contributed by atoms with Crippen molar-refractivity contribution in [2.24, 2.45) is 0 Å². The van der Waals surface area contributed by atoms with Crippen LogP contribution in [0, 0.1) is 0 Å². The third-order valence-electron chi connectivity index (χ3n) is 3.94. The van der Waals surface area contributed by atoms with E-state index in [1.165, 1.54) is 56.3 Å². The zero-order valence-corrected chi connectivity index (χ0v) is 13.7. The Kier molecular flexibility index (Phi) is 7.33. The first-order chi connectivity index (χ1) is 9.38. The largest absolute Gasteiger partial charge is 0.313 e. The second kappa shape index (κ2) is 9.04. The predicted octanol–water partition coefficient (Wildman–Crippen LogP) is 4.72. The van der Waals surface area contributed by atoms with Crippen molar-refractivity contribution in [3.05, 3.63) is 22.4 Å². The molecule has 1 aromatic rings. The van der Waals surface area contributed by atoms with Crippen LogP contribution < -0.4 is 5.32 Å². The minimum absolute atomic E-state index is 0.692. The van der Waals surface area contributed by atoms with Gasteiger partial charge in [-0.25, -0.2) is 0 Å². The highest BCUT2D eigenvalue weighted by atomic mass is 32.2. The first-order valence-corrected chi connectivity index (χ1v) is 9.73. The van der Waals surface area contributed by atoms with Gasteiger partial charge in [-0.15, -0.1) is 0 Å². The molecule has 0 aliphatic heterocycles. The second-order valence-electron chi connectivity index (χ2n) is 5.52. The summed E-state index contributed by atoms with van der Waals surface area (Å²) in [5.74, 6) is 1.29. The molecule has 0 radical (unpaired) electrons. The lowest BCUT2D eigenvalue weighted by molar-refractivity contribution is 0.509. The van der Waals surface area contributed by atoms with Crippen molar-refractivity contribution in [1.82, 2.24) is 5.32 Å². The Bertz CT molecular complexity index is 317. The minimum Gasteiger partial charge on any atom is -0.313 e. The Morgan fingerprint density at radius 3 is 2.89 bits per heavy atom. The normalized spacial score (nSPS) is 18.6. The van der Waals surface area contributed by atoms with Crippen molar-refractivity contribution >= 4 is 23.1 Å². The number of rotatable bonds is 8. The summed E-state index contributed by atoms with van der Waals surface area (Å²) in [5, 5.41) is 9.09. The summed E-state index contributed by atoms with van der Waals surface area (Å²) in [6, 6.07) is 2.96. The second-order valence-corrected chi connectivity index (χ2v) is 7.63. The summed E-state index contributed by atoms with van der Waals surface area (Å²) in [6.45, 7) is 3.32. The van der Waals surface area contributed by atoms with Gasteiger partial charge in [-0.05, 0) is 54.6 Å². The van der Waals surface area contributed by atoms with Crippen molar-refractivity contribution in [2.45, 2.75) is 63.2 Å². The molecule has 0 amide bonds. The van der Waals surface area contributed by atoms with E-state index in [1.807, 2.05) is 11.3 Å². The predicted molar refractivity (Wildman–Crippen MR) is 89.4 cm³/mol. The SMILES string of the molecule is CCNC(CCc1ccsc1)CSC1CCCCC1. The molecular formula is C16H27NS2. The fourth-order valence-corrected chi connectivity index (χ4v) is 4.95. The van der Waals surface area contributed by atoms with Gasteiger partial charge in [0.2, 0.25) is 0 Å². The van der Waals surface area contributed by atoms with E-state index >= 15 is 0 Å². The maximum absolute atomic E-state index is 3.67. The third-order valence-corrected chi connectivity index (χ3v) is 6.21. The van der Waals surface area contributed by atoms with Gasteiger partial charge in [-0.2, -0.15) is 23.1 Å². The van der Waals surface area contributed by atoms with Crippen LogP contribution in [0.1, 0.15) is 51.0 Å². The van der Waals surface area contributed by atoms with Crippen LogP contribution in [-0.4, -0.2) is 23.6 Å². The van der Waals surface area contributed by atoms with Gasteiger partial charge in [0, 0.05) is 17.0 Å². The standard InChI is InChI=1S/C16H27NS2/c1-2-17-15(9-8-14-10-11-18-12-14)13-19-16-6-4-3-5-7-16/h10-12,15-17H,2-9,13H2,1H3. The molecule has 1 N–H and O–H groups in total. The highest BCUT2D eigenvalue weighted by Crippen LogP contribution is 2.29. The highest BCUT2D eigenvalue weighted by molar-refractivity contribution is 7.99. The van der Waals surface area contributed by atoms with E-state index in [1.54, 1.807) is 0 Å². The molecule has 19 heavy (non-hydrogen) atoms. The smallest absolute Gasteiger partial charge is 0.0161 e. The van der Waals surface area contributed by atoms with E-state index in [2.05, 4.69) is 40.8 Å². The topological polar surface area (TPSA) is 12.0 Å². The number of thioether (sulfide) groups is 1. The fraction of sp³-hybridized carbons (Fsp3) is 0.750. The van der Waals surface area contributed by atoms with Gasteiger partial charge in [0.15, 0.2) is 0 Å². The molecule has 0 saturated heterocycles. The summed E-state index contributed by atoms with van der Waals surface area (Å²) in [5.41, 5.74) is 1.51. The van der Waals surface area contributed by atoms with Gasteiger partial charge < -0.3 is 5.32 Å². The Balaban J connectivity index is 1.68. The summed E-state index contributed by atoms with van der Waals surface area (Å²) < 4.78 is 0. The summed E-state index contributed by atoms with van der Waals surface area (Å²) >= 11 is 4.04. The average Bonchev–Trinajstić information content (AvgIpc) is 2.96. The molecule has 1 aliphatic carbocycles. The molecule has 1 nitrogen and oxygen atoms in total. The molecule has 1 saturated carbocycles. The molecule has 1 aromatic heterocycles. The number of hydrogen-bond acceptors (Lipinski definition) is 3. The van der Waals surface area contributed by atoms with Crippen LogP contribution in [0.3, 0.4) is 0 Å². The quantitative estimate of drug-likeness (QED) is 0.745. The zero-order valence-electron chi connectivity index (χ0n) is 12.1. The lowest BCUT2D eigenvalue weighted by Gasteiger charge is -2.24. The van der Waals surface area contributed by atoms with Crippen LogP contribution in [0.5, 0.6) is 0 Å². The van der Waals surface area contributed by atoms with E-state index in [0.717, 1.165) is 11.8 Å². The van der Waals surface area contributed by atoms with E-state index in [-0.39, 0.29) is 0 Å². The lowest BCUT2D eigenvalue weighted by Crippen LogP contribution is -2.32. The number of hydrogen-bond donors (Lipinski definition) is 1. The number of thiophene rings is 1. The Morgan fingerprint density at radius 2 is 2.21 bits per heavy atom. The summed E-state index contributed by atoms with van der Waals surface area (Å²) in [6.07, 6.45) is 9.79. The summed E-state index contributed by atoms with van der Waals surface area (Å²) in [7, 11) is 0. The molecule has 0 aromatic carbocycles. The zero-order chi connectivity index (χ0) is 13.3. The van der Waals surface area contributed by atoms with Crippen LogP contribution in [0.2, 0.25) is 0 Å². The van der Waals surface area contributed by atoms with Crippen molar-refractivity contribution in [3.63, 3.8) is 0 Å². The van der Waals surface area contributed by atoms with Gasteiger partial charge >= 0.3 is 0 Å². The van der Waals surface area contributed by atoms with Crippen molar-refractivity contribution in [3.8, 4) is 0 Å². The molecule has 0 spiro atoms. The molecule has 1 atom stereocenters. The first kappa shape index (κ1) is 15.4. The van der Waals surface area contributed by atoms with Gasteiger partial charge in [0.05, 0.1) is 0 Å². The maximum atomic E-state index is 3.67. The average molecular weight is 298 g/mol. The van der Waals surface area contributed by atoms with E-state index in [4.69, 9.17) is 0 Å². The molecule has 1 fully saturated rings. The van der Waals surface area contributed by atoms with E-state index < -0.39 is 0 Å². The minimum atomic E-state index is 0.692. The Labute approximate surface area is 126 Å². The molecule has 108 valence electrons. The maximum Gasteiger partial charge on any atom is 0.0161 e. The van der Waals surface area contributed by atoms with Gasteiger partial charge in [-0.3, -0.25) is 0 Å². The Hall–Kier alpha value is 0.01000. The molecular weight excluding hydrogens is 270 g/mol. The van der Waals surface area contributed by atoms with Gasteiger partial charge in [0.1, 0.15) is 0 Å². The molecule has 2 rings (SSSR count). The van der Waals surface area contributed by atoms with Crippen LogP contribution in [0.15, 0.2) is 16.8 Å². The number of nitrogens with one attached hydrogen (secondary N) is 1. The molecule has 1 unspecified atom stereocenters. The van der Waals surface area contributed by atoms with Crippen LogP contribution in [0.25, 0.3) is 0 Å². The molecule has 1 heterocycles. The Morgan fingerprint density at radius 1 is 1.37 bits per heavy atom. The summed E-state index contributed by atoms with van der Waals surface area (Å²) in [4.78, 5) is 0. The highest BCUT2D eigenvalue weighted by Gasteiger charge is 2.16. The molecule has 1 aliphatic rings. The lowest BCUT2D eigenvalue weighted by atomic mass is 10.0. The first-order valence-electron chi connectivity index (χ1n) is 7.74. The number of aryl methyl sites for hydroxylation is 1. The molecule has 3 heteroatoms. The van der Waals surface area contributed by atoms with Crippen molar-refractivity contribution in [1.29, 1.82) is 0 Å². The van der Waals surface area contributed by atoms with Crippen molar-refractivity contribution < 1.29 is 0 Å². The third kappa shape index (κ3) is 5.88. The van der Waals surface area contributed by atoms with Gasteiger partial charge in [-0.1, -0.05) is 26.2 Å². The molecule has 0 bridgehead atoms. The fourth-order valence-electron chi connectivity index (χ4n) is 2.79. The van der Waals surface area contributed by atoms with Crippen LogP contribution in [0.4, 0.5) is 0 Å². The van der Waals surface area contributed by atoms with E-state index in [9.17, 15) is 0 Å².